The Balaban J connectivity index is 2.52. The fourth-order valence-electron chi connectivity index (χ4n) is 1.29. The van der Waals surface area contributed by atoms with Gasteiger partial charge in [-0.05, 0) is 17.2 Å². The van der Waals surface area contributed by atoms with Crippen molar-refractivity contribution < 1.29 is 8.42 Å². The second-order valence-electron chi connectivity index (χ2n) is 3.03. The zero-order valence-electron chi connectivity index (χ0n) is 7.34. The third-order valence-corrected chi connectivity index (χ3v) is 3.35. The Morgan fingerprint density at radius 3 is 2.21 bits per heavy atom. The zero-order valence-corrected chi connectivity index (χ0v) is 8.16. The lowest BCUT2D eigenvalue weighted by molar-refractivity contribution is 0.610. The van der Waals surface area contributed by atoms with Crippen LogP contribution in [0.5, 0.6) is 0 Å². The fraction of sp³-hybridized carbons (Fsp3) is 0. The number of benzene rings is 1. The molecule has 1 aromatic rings. The third-order valence-electron chi connectivity index (χ3n) is 2.02. The highest BCUT2D eigenvalue weighted by molar-refractivity contribution is 7.98. The molecule has 0 unspecified atom stereocenters. The Morgan fingerprint density at radius 1 is 1.07 bits per heavy atom. The van der Waals surface area contributed by atoms with Crippen LogP contribution in [0, 0.1) is 0 Å². The second-order valence-corrected chi connectivity index (χ2v) is 4.83. The smallest absolute Gasteiger partial charge is 0.215 e. The Bertz CT molecular complexity index is 512. The third kappa shape index (κ3) is 1.44. The molecule has 72 valence electrons. The van der Waals surface area contributed by atoms with E-state index in [2.05, 4.69) is 0 Å². The van der Waals surface area contributed by atoms with E-state index in [4.69, 9.17) is 5.73 Å². The minimum Gasteiger partial charge on any atom is -0.389 e. The van der Waals surface area contributed by atoms with Gasteiger partial charge in [0.25, 0.3) is 0 Å². The van der Waals surface area contributed by atoms with E-state index in [0.29, 0.717) is 5.57 Å². The molecule has 4 heteroatoms. The van der Waals surface area contributed by atoms with Crippen molar-refractivity contribution in [3.8, 4) is 0 Å². The van der Waals surface area contributed by atoms with Crippen LogP contribution in [0.25, 0.3) is 5.57 Å². The Morgan fingerprint density at radius 2 is 1.71 bits per heavy atom. The molecule has 0 amide bonds. The van der Waals surface area contributed by atoms with E-state index in [9.17, 15) is 8.42 Å². The van der Waals surface area contributed by atoms with Crippen LogP contribution in [0.3, 0.4) is 0 Å². The van der Waals surface area contributed by atoms with Crippen molar-refractivity contribution in [3.63, 3.8) is 0 Å². The van der Waals surface area contributed by atoms with Gasteiger partial charge in [-0.25, -0.2) is 8.42 Å². The van der Waals surface area contributed by atoms with Crippen molar-refractivity contribution in [2.24, 2.45) is 5.73 Å². The van der Waals surface area contributed by atoms with Crippen LogP contribution in [-0.4, -0.2) is 8.42 Å². The number of nitrogens with two attached hydrogens (primary N) is 1. The summed E-state index contributed by atoms with van der Waals surface area (Å²) >= 11 is 0. The summed E-state index contributed by atoms with van der Waals surface area (Å²) in [5.74, 6) is 0. The highest BCUT2D eigenvalue weighted by atomic mass is 32.2. The molecule has 1 heterocycles. The molecule has 3 nitrogen and oxygen atoms in total. The molecule has 0 saturated carbocycles. The number of hydrogen-bond acceptors (Lipinski definition) is 3. The lowest BCUT2D eigenvalue weighted by atomic mass is 10.1. The molecule has 0 fully saturated rings. The molecule has 0 bridgehead atoms. The van der Waals surface area contributed by atoms with E-state index >= 15 is 0 Å². The molecule has 0 saturated heterocycles. The SMILES string of the molecule is NC1=CC(c2ccccc2)=CS1(=O)=O. The van der Waals surface area contributed by atoms with E-state index in [1.54, 1.807) is 0 Å². The zero-order chi connectivity index (χ0) is 10.2. The lowest BCUT2D eigenvalue weighted by Gasteiger charge is -1.95. The van der Waals surface area contributed by atoms with Crippen LogP contribution in [-0.2, 0) is 9.84 Å². The average molecular weight is 207 g/mol. The predicted octanol–water partition coefficient (Wildman–Crippen LogP) is 1.26. The van der Waals surface area contributed by atoms with Crippen molar-refractivity contribution in [3.05, 3.63) is 52.4 Å². The van der Waals surface area contributed by atoms with E-state index in [1.165, 1.54) is 11.5 Å². The van der Waals surface area contributed by atoms with Gasteiger partial charge in [0.2, 0.25) is 9.84 Å². The van der Waals surface area contributed by atoms with Gasteiger partial charge in [0.05, 0.1) is 0 Å². The normalized spacial score (nSPS) is 18.9. The van der Waals surface area contributed by atoms with Gasteiger partial charge in [-0.15, -0.1) is 0 Å². The molecule has 0 atom stereocenters. The molecule has 0 spiro atoms. The predicted molar refractivity (Wildman–Crippen MR) is 55.6 cm³/mol. The molecule has 1 aliphatic rings. The second kappa shape index (κ2) is 2.99. The van der Waals surface area contributed by atoms with Gasteiger partial charge in [0.1, 0.15) is 5.03 Å². The van der Waals surface area contributed by atoms with Crippen LogP contribution in [0.4, 0.5) is 0 Å². The highest BCUT2D eigenvalue weighted by Crippen LogP contribution is 2.25. The largest absolute Gasteiger partial charge is 0.389 e. The quantitative estimate of drug-likeness (QED) is 0.754. The first kappa shape index (κ1) is 9.02. The van der Waals surface area contributed by atoms with Crippen LogP contribution in [0.2, 0.25) is 0 Å². The van der Waals surface area contributed by atoms with Crippen LogP contribution < -0.4 is 5.73 Å². The Hall–Kier alpha value is -1.55. The van der Waals surface area contributed by atoms with Gasteiger partial charge in [-0.3, -0.25) is 0 Å². The van der Waals surface area contributed by atoms with Gasteiger partial charge >= 0.3 is 0 Å². The number of rotatable bonds is 1. The Labute approximate surface area is 82.5 Å². The van der Waals surface area contributed by atoms with Crippen molar-refractivity contribution in [1.82, 2.24) is 0 Å². The lowest BCUT2D eigenvalue weighted by Crippen LogP contribution is -2.04. The standard InChI is InChI=1S/C10H9NO2S/c11-10-6-9(7-14(10,12)13)8-4-2-1-3-5-8/h1-7H,11H2. The minimum absolute atomic E-state index is 0.0867. The number of hydrogen-bond donors (Lipinski definition) is 1. The summed E-state index contributed by atoms with van der Waals surface area (Å²) in [6.45, 7) is 0. The highest BCUT2D eigenvalue weighted by Gasteiger charge is 2.20. The van der Waals surface area contributed by atoms with Crippen LogP contribution in [0.15, 0.2) is 46.8 Å². The molecule has 0 aliphatic carbocycles. The van der Waals surface area contributed by atoms with Crippen LogP contribution in [0.1, 0.15) is 5.56 Å². The molecule has 1 aromatic carbocycles. The summed E-state index contributed by atoms with van der Waals surface area (Å²) in [6.07, 6.45) is 1.48. The maximum Gasteiger partial charge on any atom is 0.215 e. The summed E-state index contributed by atoms with van der Waals surface area (Å²) < 4.78 is 22.6. The van der Waals surface area contributed by atoms with E-state index in [0.717, 1.165) is 5.56 Å². The van der Waals surface area contributed by atoms with Gasteiger partial charge < -0.3 is 5.73 Å². The summed E-state index contributed by atoms with van der Waals surface area (Å²) in [7, 11) is -3.35. The van der Waals surface area contributed by atoms with Crippen molar-refractivity contribution in [2.75, 3.05) is 0 Å². The maximum atomic E-state index is 11.3. The molecule has 14 heavy (non-hydrogen) atoms. The molecular formula is C10H9NO2S. The van der Waals surface area contributed by atoms with Gasteiger partial charge in [-0.2, -0.15) is 0 Å². The first-order valence-corrected chi connectivity index (χ1v) is 5.63. The molecule has 1 aliphatic heterocycles. The minimum atomic E-state index is -3.35. The van der Waals surface area contributed by atoms with Crippen LogP contribution >= 0.6 is 0 Å². The average Bonchev–Trinajstić information content (AvgIpc) is 2.43. The summed E-state index contributed by atoms with van der Waals surface area (Å²) in [5.41, 5.74) is 6.86. The summed E-state index contributed by atoms with van der Waals surface area (Å²) in [6, 6.07) is 9.27. The number of allylic oxidation sites excluding steroid dienone is 2. The topological polar surface area (TPSA) is 60.2 Å². The van der Waals surface area contributed by atoms with E-state index in [1.807, 2.05) is 30.3 Å². The fourth-order valence-corrected chi connectivity index (χ4v) is 2.25. The monoisotopic (exact) mass is 207 g/mol. The summed E-state index contributed by atoms with van der Waals surface area (Å²) in [4.78, 5) is 0. The van der Waals surface area contributed by atoms with E-state index in [-0.39, 0.29) is 5.03 Å². The van der Waals surface area contributed by atoms with Crippen molar-refractivity contribution >= 4 is 15.4 Å². The molecule has 2 rings (SSSR count). The van der Waals surface area contributed by atoms with Gasteiger partial charge in [0.15, 0.2) is 0 Å². The Kier molecular flexibility index (Phi) is 1.93. The first-order chi connectivity index (χ1) is 6.59. The van der Waals surface area contributed by atoms with Crippen molar-refractivity contribution in [1.29, 1.82) is 0 Å². The molecule has 0 radical (unpaired) electrons. The first-order valence-electron chi connectivity index (χ1n) is 4.09. The maximum absolute atomic E-state index is 11.3. The molecular weight excluding hydrogens is 198 g/mol. The van der Waals surface area contributed by atoms with Gasteiger partial charge in [0, 0.05) is 5.41 Å². The summed E-state index contributed by atoms with van der Waals surface area (Å²) in [5, 5.41) is 1.11. The van der Waals surface area contributed by atoms with E-state index < -0.39 is 9.84 Å². The molecule has 2 N–H and O–H groups in total. The number of sulfone groups is 1. The van der Waals surface area contributed by atoms with Crippen molar-refractivity contribution in [2.45, 2.75) is 0 Å². The van der Waals surface area contributed by atoms with Gasteiger partial charge in [-0.1, -0.05) is 30.3 Å². The molecule has 0 aromatic heterocycles.